The van der Waals surface area contributed by atoms with Crippen molar-refractivity contribution in [3.8, 4) is 148 Å². The van der Waals surface area contributed by atoms with Gasteiger partial charge in [0, 0.05) is 71.9 Å². The van der Waals surface area contributed by atoms with Crippen molar-refractivity contribution < 1.29 is 67.6 Å². The molecule has 2 atom stereocenters. The van der Waals surface area contributed by atoms with Crippen LogP contribution >= 0.6 is 13.5 Å². The predicted molar refractivity (Wildman–Crippen MR) is 275 cm³/mol. The van der Waals surface area contributed by atoms with Gasteiger partial charge in [-0.2, -0.15) is 13.5 Å². The topological polar surface area (TPSA) is 112 Å². The number of fused-ring (bicyclic) bond motifs is 1. The van der Waals surface area contributed by atoms with E-state index in [9.17, 15) is 22.4 Å². The van der Waals surface area contributed by atoms with Crippen LogP contribution < -0.4 is 4.74 Å². The molecule has 3 rings (SSSR count). The van der Waals surface area contributed by atoms with Crippen LogP contribution in [-0.4, -0.2) is 37.7 Å². The van der Waals surface area contributed by atoms with Crippen LogP contribution in [0.5, 0.6) is 5.75 Å². The molecule has 1 heterocycles. The normalized spacial score (nSPS) is 12.9. The molecule has 0 aromatic heterocycles. The number of hydrogen-bond donors (Lipinski definition) is 2. The van der Waals surface area contributed by atoms with Crippen molar-refractivity contribution in [1.82, 2.24) is 0 Å². The molecule has 0 aliphatic carbocycles. The lowest BCUT2D eigenvalue weighted by molar-refractivity contribution is -0.671. The number of halogens is 2. The van der Waals surface area contributed by atoms with Crippen molar-refractivity contribution in [2.75, 3.05) is 12.9 Å². The molecule has 1 aliphatic heterocycles. The number of sulfone groups is 1. The van der Waals surface area contributed by atoms with E-state index in [1.54, 1.807) is 20.1 Å². The summed E-state index contributed by atoms with van der Waals surface area (Å²) in [5.41, 5.74) is 0.262. The van der Waals surface area contributed by atoms with Gasteiger partial charge in [0.1, 0.15) is 11.6 Å². The van der Waals surface area contributed by atoms with Crippen molar-refractivity contribution in [3.63, 3.8) is 0 Å². The number of hydrogen-bond acceptors (Lipinski definition) is 8. The zero-order valence-corrected chi connectivity index (χ0v) is 36.0. The van der Waals surface area contributed by atoms with Gasteiger partial charge >= 0.3 is 0 Å². The molecule has 0 saturated heterocycles. The van der Waals surface area contributed by atoms with Crippen LogP contribution in [0.4, 0.5) is 8.92 Å². The monoisotopic (exact) mass is 914 g/mol. The van der Waals surface area contributed by atoms with E-state index in [0.29, 0.717) is 24.2 Å². The fraction of sp³-hybridized carbons (Fsp3) is 0.294. The Kier molecular flexibility index (Phi) is 32.8. The van der Waals surface area contributed by atoms with E-state index in [1.807, 2.05) is 18.2 Å². The summed E-state index contributed by atoms with van der Waals surface area (Å²) >= 11 is 0. The fourth-order valence-electron chi connectivity index (χ4n) is 5.63. The maximum absolute atomic E-state index is 14.3. The highest BCUT2D eigenvalue weighted by molar-refractivity contribution is 7.91. The summed E-state index contributed by atoms with van der Waals surface area (Å²) in [5.74, 6) is 56.2. The number of aliphatic hydroxyl groups excluding tert-OH is 1. The molecular weight excluding hydrogens is 843 g/mol. The molecule has 63 heavy (non-hydrogen) atoms. The third-order valence-electron chi connectivity index (χ3n) is 8.08. The van der Waals surface area contributed by atoms with Crippen LogP contribution in [0.1, 0.15) is 104 Å². The zero-order chi connectivity index (χ0) is 45.0. The molecule has 0 amide bonds. The third kappa shape index (κ3) is 22.9. The molecule has 2 N–H and O–H groups in total. The minimum atomic E-state index is -3.71. The quantitative estimate of drug-likeness (QED) is 0.105. The first-order valence-corrected chi connectivity index (χ1v) is 19.7. The molecule has 0 unspecified atom stereocenters. The van der Waals surface area contributed by atoms with E-state index in [1.165, 1.54) is 18.2 Å². The van der Waals surface area contributed by atoms with Gasteiger partial charge in [-0.25, -0.2) is 18.1 Å². The number of rotatable bonds is 10. The first kappa shape index (κ1) is 58.0. The van der Waals surface area contributed by atoms with E-state index >= 15 is 0 Å². The summed E-state index contributed by atoms with van der Waals surface area (Å²) in [6.45, 7) is 5.82. The summed E-state index contributed by atoms with van der Waals surface area (Å²) in [6.07, 6.45) is 8.64. The highest BCUT2D eigenvalue weighted by atomic mass is 32.2. The van der Waals surface area contributed by atoms with Crippen LogP contribution in [0.3, 0.4) is 0 Å². The molecule has 0 radical (unpaired) electrons. The predicted octanol–water partition coefficient (Wildman–Crippen LogP) is 10.6. The average molecular weight is 915 g/mol. The van der Waals surface area contributed by atoms with Crippen LogP contribution in [0, 0.1) is 154 Å². The Morgan fingerprint density at radius 1 is 0.778 bits per heavy atom. The second kappa shape index (κ2) is 35.7. The number of benzene rings is 2. The summed E-state index contributed by atoms with van der Waals surface area (Å²) in [6, 6.07) is 11.1. The fourth-order valence-corrected chi connectivity index (χ4v) is 7.83. The molecular formula is C51H72F2O8S2. The van der Waals surface area contributed by atoms with Crippen molar-refractivity contribution in [3.05, 3.63) is 59.4 Å². The molecule has 350 valence electrons. The van der Waals surface area contributed by atoms with E-state index in [-0.39, 0.29) is 51.5 Å². The van der Waals surface area contributed by atoms with Crippen LogP contribution in [0.25, 0.3) is 0 Å². The lowest BCUT2D eigenvalue weighted by atomic mass is 9.68. The lowest BCUT2D eigenvalue weighted by Gasteiger charge is -2.40. The number of aliphatic hydroxyl groups is 1. The standard InChI is InChI=1S/C25H33FO4S.C25H4.CH4.FHO4.H2S.14H2/c1-4-6-13-25(14-7-5-2)17-31(28,29)22-12-11-19(26)16-21(22)23(24(25)27)18-9-8-10-20(15-18)30-3;1-3-5-7-9-11-13-15-17-19-21-23-25-24-22-20-18-16-14-12-10-8-6-4-2;;1-3-5-4-2;;;;;;;;;;;;;;;/h8-12,15-16,23-24,27H,4-7,13-14,17H2,1-3H3;1H,2H3;1H4;2H;1H2;14*1H/t23-,24-;;;;;;;;;;;;;;;;;;/m1................../s1. The molecule has 0 spiro atoms. The van der Waals surface area contributed by atoms with E-state index < -0.39 is 33.1 Å². The van der Waals surface area contributed by atoms with Crippen molar-refractivity contribution in [1.29, 1.82) is 0 Å². The Hall–Kier alpha value is -7.08. The van der Waals surface area contributed by atoms with Gasteiger partial charge < -0.3 is 9.84 Å². The minimum absolute atomic E-state index is 0. The summed E-state index contributed by atoms with van der Waals surface area (Å²) in [4.78, 5) is 0.121. The Bertz CT molecular complexity index is 2740. The maximum atomic E-state index is 14.3. The minimum Gasteiger partial charge on any atom is -0.497 e. The molecule has 1 aliphatic rings. The van der Waals surface area contributed by atoms with Crippen LogP contribution in [-0.2, 0) is 25.0 Å². The lowest BCUT2D eigenvalue weighted by Crippen LogP contribution is -2.43. The SMILES string of the molecule is C.C#CC#CC#CC#CC#CC#CC#CC#CC#CC#CC#CC#CC.CCCCC1(CCCC)CS(=O)(=O)c2ccc(F)cc2[C@@H](c2cccc(OC)c2)[C@H]1O.OOOOF.S.[HH].[HH].[HH].[HH].[HH].[HH].[HH].[HH].[HH].[HH].[HH].[HH].[HH].[HH]. The van der Waals surface area contributed by atoms with E-state index in [2.05, 4.69) is 165 Å². The second-order valence-corrected chi connectivity index (χ2v) is 13.9. The van der Waals surface area contributed by atoms with Gasteiger partial charge in [-0.1, -0.05) is 65.0 Å². The molecule has 2 aromatic carbocycles. The van der Waals surface area contributed by atoms with Crippen LogP contribution in [0.2, 0.25) is 0 Å². The summed E-state index contributed by atoms with van der Waals surface area (Å²) in [7, 11) is -2.15. The highest BCUT2D eigenvalue weighted by Crippen LogP contribution is 2.49. The van der Waals surface area contributed by atoms with Gasteiger partial charge in [-0.15, -0.1) is 6.42 Å². The van der Waals surface area contributed by atoms with Crippen molar-refractivity contribution >= 4 is 23.3 Å². The average Bonchev–Trinajstić information content (AvgIpc) is 3.32. The van der Waals surface area contributed by atoms with E-state index in [0.717, 1.165) is 31.2 Å². The molecule has 0 bridgehead atoms. The smallest absolute Gasteiger partial charge is 0.179 e. The van der Waals surface area contributed by atoms with Gasteiger partial charge in [0.25, 0.3) is 0 Å². The second-order valence-electron chi connectivity index (χ2n) is 11.9. The summed E-state index contributed by atoms with van der Waals surface area (Å²) < 4.78 is 56.8. The van der Waals surface area contributed by atoms with Crippen LogP contribution in [0.15, 0.2) is 47.4 Å². The van der Waals surface area contributed by atoms with Gasteiger partial charge in [0.15, 0.2) is 9.84 Å². The Morgan fingerprint density at radius 3 is 1.62 bits per heavy atom. The number of ether oxygens (including phenoxy) is 1. The molecule has 12 heteroatoms. The van der Waals surface area contributed by atoms with Crippen molar-refractivity contribution in [2.45, 2.75) is 83.6 Å². The molecule has 8 nitrogen and oxygen atoms in total. The first-order valence-electron chi connectivity index (χ1n) is 18.1. The molecule has 2 aromatic rings. The summed E-state index contributed by atoms with van der Waals surface area (Å²) in [5, 5.41) is 26.4. The number of unbranched alkanes of at least 4 members (excludes halogenated alkanes) is 2. The van der Waals surface area contributed by atoms with Gasteiger partial charge in [-0.05, 0) is 171 Å². The maximum Gasteiger partial charge on any atom is 0.179 e. The van der Waals surface area contributed by atoms with E-state index in [4.69, 9.17) is 16.4 Å². The Balaban J connectivity index is -0.0000000538. The molecule has 0 saturated carbocycles. The zero-order valence-electron chi connectivity index (χ0n) is 34.2. The third-order valence-corrected chi connectivity index (χ3v) is 10.1. The highest BCUT2D eigenvalue weighted by Gasteiger charge is 2.49. The van der Waals surface area contributed by atoms with Gasteiger partial charge in [-0.3, -0.25) is 0 Å². The molecule has 0 fully saturated rings. The number of methoxy groups -OCH3 is 1. The van der Waals surface area contributed by atoms with Gasteiger partial charge in [0.2, 0.25) is 0 Å². The van der Waals surface area contributed by atoms with Crippen molar-refractivity contribution in [2.24, 2.45) is 5.41 Å². The van der Waals surface area contributed by atoms with Gasteiger partial charge in [0.05, 0.1) is 23.9 Å². The Labute approximate surface area is 399 Å². The number of terminal acetylenes is 1. The first-order chi connectivity index (χ1) is 29.6. The Morgan fingerprint density at radius 2 is 1.24 bits per heavy atom. The largest absolute Gasteiger partial charge is 0.497 e.